The smallest absolute Gasteiger partial charge is 0.388 e. The van der Waals surface area contributed by atoms with E-state index in [0.717, 1.165) is 0 Å². The van der Waals surface area contributed by atoms with Crippen molar-refractivity contribution in [3.63, 3.8) is 0 Å². The van der Waals surface area contributed by atoms with E-state index in [2.05, 4.69) is 4.18 Å². The van der Waals surface area contributed by atoms with Gasteiger partial charge in [0.2, 0.25) is 0 Å². The van der Waals surface area contributed by atoms with Gasteiger partial charge in [-0.1, -0.05) is 0 Å². The summed E-state index contributed by atoms with van der Waals surface area (Å²) in [6.07, 6.45) is -4.70. The summed E-state index contributed by atoms with van der Waals surface area (Å²) in [5.41, 5.74) is 0. The van der Waals surface area contributed by atoms with Crippen molar-refractivity contribution in [3.05, 3.63) is 12.3 Å². The van der Waals surface area contributed by atoms with Crippen LogP contribution in [0, 0.1) is 0 Å². The summed E-state index contributed by atoms with van der Waals surface area (Å²) >= 11 is -2.69. The molecule has 1 atom stereocenters. The Balaban J connectivity index is 3.67. The fourth-order valence-corrected chi connectivity index (χ4v) is 0.303. The van der Waals surface area contributed by atoms with Gasteiger partial charge in [-0.3, -0.25) is 4.55 Å². The molecule has 0 aliphatic carbocycles. The lowest BCUT2D eigenvalue weighted by Crippen LogP contribution is -2.01. The average molecular weight is 176 g/mol. The lowest BCUT2D eigenvalue weighted by Gasteiger charge is -1.95. The zero-order chi connectivity index (χ0) is 8.20. The van der Waals surface area contributed by atoms with Crippen molar-refractivity contribution in [1.82, 2.24) is 0 Å². The molecular weight excluding hydrogens is 173 g/mol. The highest BCUT2D eigenvalue weighted by molar-refractivity contribution is 7.74. The second-order valence-corrected chi connectivity index (χ2v) is 1.78. The number of allylic oxidation sites excluding steroid dienone is 1. The Bertz CT molecular complexity index is 152. The summed E-state index contributed by atoms with van der Waals surface area (Å²) in [5, 5.41) is 0. The van der Waals surface area contributed by atoms with E-state index in [4.69, 9.17) is 4.55 Å². The number of hydrogen-bond acceptors (Lipinski definition) is 2. The van der Waals surface area contributed by atoms with Crippen molar-refractivity contribution in [2.24, 2.45) is 0 Å². The molecule has 0 aromatic carbocycles. The minimum absolute atomic E-state index is 0.107. The summed E-state index contributed by atoms with van der Waals surface area (Å²) in [6, 6.07) is 0. The van der Waals surface area contributed by atoms with Crippen molar-refractivity contribution < 1.29 is 26.1 Å². The molecule has 3 nitrogen and oxygen atoms in total. The summed E-state index contributed by atoms with van der Waals surface area (Å²) in [7, 11) is 0. The summed E-state index contributed by atoms with van der Waals surface area (Å²) < 4.78 is 54.4. The lowest BCUT2D eigenvalue weighted by atomic mass is 10.6. The third-order valence-corrected chi connectivity index (χ3v) is 0.671. The van der Waals surface area contributed by atoms with Gasteiger partial charge in [0.25, 0.3) is 0 Å². The molecule has 0 bridgehead atoms. The van der Waals surface area contributed by atoms with Crippen LogP contribution in [0.5, 0.6) is 0 Å². The molecule has 0 fully saturated rings. The molecule has 0 aromatic heterocycles. The lowest BCUT2D eigenvalue weighted by molar-refractivity contribution is -0.0808. The highest BCUT2D eigenvalue weighted by Crippen LogP contribution is 2.15. The number of rotatable bonds is 2. The third-order valence-electron chi connectivity index (χ3n) is 0.395. The van der Waals surface area contributed by atoms with Crippen molar-refractivity contribution in [3.8, 4) is 0 Å². The first-order valence-electron chi connectivity index (χ1n) is 1.94. The van der Waals surface area contributed by atoms with Crippen LogP contribution in [0.15, 0.2) is 12.3 Å². The van der Waals surface area contributed by atoms with E-state index in [9.17, 15) is 17.4 Å². The second kappa shape index (κ2) is 3.57. The first-order chi connectivity index (χ1) is 4.42. The van der Waals surface area contributed by atoms with Gasteiger partial charge >= 0.3 is 17.5 Å². The van der Waals surface area contributed by atoms with Gasteiger partial charge in [0.05, 0.1) is 6.08 Å². The standard InChI is InChI=1S/C3H3F3O3S/c4-3(5,6)1-2-9-10(7)8/h1-2H,(H,7,8). The molecule has 0 aliphatic heterocycles. The molecule has 7 heteroatoms. The maximum atomic E-state index is 11.2. The van der Waals surface area contributed by atoms with Crippen molar-refractivity contribution >= 4 is 11.4 Å². The van der Waals surface area contributed by atoms with Crippen LogP contribution in [0.25, 0.3) is 0 Å². The third kappa shape index (κ3) is 7.44. The molecule has 0 rings (SSSR count). The Labute approximate surface area is 57.0 Å². The van der Waals surface area contributed by atoms with Gasteiger partial charge in [-0.05, 0) is 0 Å². The Morgan fingerprint density at radius 2 is 2.00 bits per heavy atom. The van der Waals surface area contributed by atoms with Crippen LogP contribution in [0.4, 0.5) is 13.2 Å². The highest BCUT2D eigenvalue weighted by atomic mass is 32.2. The predicted octanol–water partition coefficient (Wildman–Crippen LogP) is 1.22. The number of hydrogen-bond donors (Lipinski definition) is 1. The number of halogens is 3. The van der Waals surface area contributed by atoms with Crippen LogP contribution >= 0.6 is 0 Å². The fraction of sp³-hybridized carbons (Fsp3) is 0.333. The monoisotopic (exact) mass is 176 g/mol. The first kappa shape index (κ1) is 9.44. The van der Waals surface area contributed by atoms with Crippen LogP contribution in [0.2, 0.25) is 0 Å². The quantitative estimate of drug-likeness (QED) is 0.508. The zero-order valence-electron chi connectivity index (χ0n) is 4.46. The van der Waals surface area contributed by atoms with Crippen LogP contribution < -0.4 is 0 Å². The van der Waals surface area contributed by atoms with Crippen molar-refractivity contribution in [2.45, 2.75) is 6.18 Å². The normalized spacial score (nSPS) is 15.6. The van der Waals surface area contributed by atoms with Crippen molar-refractivity contribution in [2.75, 3.05) is 0 Å². The van der Waals surface area contributed by atoms with Crippen LogP contribution in [0.3, 0.4) is 0 Å². The van der Waals surface area contributed by atoms with Gasteiger partial charge in [0.15, 0.2) is 0 Å². The maximum Gasteiger partial charge on any atom is 0.412 e. The molecule has 0 radical (unpaired) electrons. The molecule has 0 saturated heterocycles. The van der Waals surface area contributed by atoms with Gasteiger partial charge in [-0.15, -0.1) is 0 Å². The molecule has 1 N–H and O–H groups in total. The first-order valence-corrected chi connectivity index (χ1v) is 2.97. The molecular formula is C3H3F3O3S. The van der Waals surface area contributed by atoms with Crippen LogP contribution in [-0.4, -0.2) is 14.9 Å². The molecule has 1 unspecified atom stereocenters. The van der Waals surface area contributed by atoms with E-state index in [0.29, 0.717) is 0 Å². The number of alkyl halides is 3. The van der Waals surface area contributed by atoms with Gasteiger partial charge < -0.3 is 4.18 Å². The molecule has 10 heavy (non-hydrogen) atoms. The van der Waals surface area contributed by atoms with Gasteiger partial charge in [0.1, 0.15) is 6.26 Å². The molecule has 0 saturated carbocycles. The topological polar surface area (TPSA) is 46.5 Å². The largest absolute Gasteiger partial charge is 0.412 e. The minimum atomic E-state index is -4.51. The Kier molecular flexibility index (Phi) is 3.37. The molecule has 60 valence electrons. The van der Waals surface area contributed by atoms with E-state index < -0.39 is 17.5 Å². The summed E-state index contributed by atoms with van der Waals surface area (Å²) in [5.74, 6) is 0. The highest BCUT2D eigenvalue weighted by Gasteiger charge is 2.22. The van der Waals surface area contributed by atoms with Crippen LogP contribution in [-0.2, 0) is 15.5 Å². The Morgan fingerprint density at radius 3 is 2.30 bits per heavy atom. The minimum Gasteiger partial charge on any atom is -0.388 e. The predicted molar refractivity (Wildman–Crippen MR) is 27.1 cm³/mol. The molecule has 0 heterocycles. The molecule has 0 aliphatic rings. The van der Waals surface area contributed by atoms with E-state index >= 15 is 0 Å². The molecule has 0 amide bonds. The van der Waals surface area contributed by atoms with Gasteiger partial charge in [-0.25, -0.2) is 0 Å². The average Bonchev–Trinajstić information content (AvgIpc) is 1.59. The zero-order valence-corrected chi connectivity index (χ0v) is 5.28. The van der Waals surface area contributed by atoms with E-state index in [1.165, 1.54) is 0 Å². The van der Waals surface area contributed by atoms with Gasteiger partial charge in [0, 0.05) is 0 Å². The SMILES string of the molecule is O=S(O)OC=CC(F)(F)F. The van der Waals surface area contributed by atoms with E-state index in [1.54, 1.807) is 0 Å². The van der Waals surface area contributed by atoms with E-state index in [1.807, 2.05) is 0 Å². The maximum absolute atomic E-state index is 11.2. The fourth-order valence-electron chi connectivity index (χ4n) is 0.152. The summed E-state index contributed by atoms with van der Waals surface area (Å²) in [4.78, 5) is 0. The van der Waals surface area contributed by atoms with Crippen molar-refractivity contribution in [1.29, 1.82) is 0 Å². The Hall–Kier alpha value is -0.560. The molecule has 0 aromatic rings. The molecule has 0 spiro atoms. The summed E-state index contributed by atoms with van der Waals surface area (Å²) in [6.45, 7) is 0. The van der Waals surface area contributed by atoms with E-state index in [-0.39, 0.29) is 12.3 Å². The van der Waals surface area contributed by atoms with Crippen LogP contribution in [0.1, 0.15) is 0 Å². The second-order valence-electron chi connectivity index (χ2n) is 1.16. The van der Waals surface area contributed by atoms with Gasteiger partial charge in [-0.2, -0.15) is 17.4 Å². The Morgan fingerprint density at radius 1 is 1.50 bits per heavy atom.